The van der Waals surface area contributed by atoms with Gasteiger partial charge in [-0.15, -0.1) is 0 Å². The molecule has 5 heteroatoms. The lowest BCUT2D eigenvalue weighted by molar-refractivity contribution is 0.100. The summed E-state index contributed by atoms with van der Waals surface area (Å²) in [5, 5.41) is 3.60. The number of ether oxygens (including phenoxy) is 1. The number of carbonyl (C=O) groups is 1. The van der Waals surface area contributed by atoms with Crippen LogP contribution in [0.3, 0.4) is 0 Å². The number of halogens is 1. The molecule has 1 heterocycles. The number of hydrogen-bond acceptors (Lipinski definition) is 3. The molecule has 92 valence electrons. The Morgan fingerprint density at radius 2 is 2.35 bits per heavy atom. The lowest BCUT2D eigenvalue weighted by atomic mass is 10.1. The Kier molecular flexibility index (Phi) is 3.86. The van der Waals surface area contributed by atoms with Gasteiger partial charge in [0.15, 0.2) is 0 Å². The second-order valence-corrected chi connectivity index (χ2v) is 4.50. The predicted octanol–water partition coefficient (Wildman–Crippen LogP) is 1.57. The maximum Gasteiger partial charge on any atom is 0.250 e. The number of rotatable bonds is 3. The molecule has 1 saturated heterocycles. The van der Waals surface area contributed by atoms with Gasteiger partial charge in [-0.3, -0.25) is 4.79 Å². The number of amides is 1. The topological polar surface area (TPSA) is 64.4 Å². The Balaban J connectivity index is 2.06. The molecule has 1 atom stereocenters. The fraction of sp³-hybridized carbons (Fsp3) is 0.417. The van der Waals surface area contributed by atoms with Crippen molar-refractivity contribution in [3.8, 4) is 5.75 Å². The van der Waals surface area contributed by atoms with Crippen molar-refractivity contribution in [2.45, 2.75) is 18.9 Å². The highest BCUT2D eigenvalue weighted by Crippen LogP contribution is 2.24. The van der Waals surface area contributed by atoms with E-state index in [1.54, 1.807) is 18.2 Å². The number of nitrogens with two attached hydrogens (primary N) is 1. The van der Waals surface area contributed by atoms with Gasteiger partial charge < -0.3 is 15.8 Å². The number of nitrogens with one attached hydrogen (secondary N) is 1. The molecule has 1 fully saturated rings. The van der Waals surface area contributed by atoms with E-state index >= 15 is 0 Å². The molecular weight excluding hydrogens is 240 g/mol. The van der Waals surface area contributed by atoms with Crippen molar-refractivity contribution >= 4 is 17.5 Å². The minimum Gasteiger partial charge on any atom is -0.489 e. The molecule has 1 aliphatic rings. The van der Waals surface area contributed by atoms with Gasteiger partial charge >= 0.3 is 0 Å². The van der Waals surface area contributed by atoms with Crippen LogP contribution in [-0.4, -0.2) is 25.1 Å². The van der Waals surface area contributed by atoms with Crippen LogP contribution in [0.5, 0.6) is 5.75 Å². The summed E-state index contributed by atoms with van der Waals surface area (Å²) in [6, 6.07) is 4.95. The molecule has 1 amide bonds. The van der Waals surface area contributed by atoms with Gasteiger partial charge in [0.2, 0.25) is 5.91 Å². The summed E-state index contributed by atoms with van der Waals surface area (Å²) in [5.74, 6) is 0.148. The third-order valence-electron chi connectivity index (χ3n) is 2.76. The van der Waals surface area contributed by atoms with Crippen molar-refractivity contribution in [1.82, 2.24) is 5.32 Å². The van der Waals surface area contributed by atoms with Crippen molar-refractivity contribution in [3.05, 3.63) is 28.8 Å². The molecule has 0 saturated carbocycles. The van der Waals surface area contributed by atoms with E-state index in [1.165, 1.54) is 0 Å². The quantitative estimate of drug-likeness (QED) is 0.861. The number of benzene rings is 1. The number of hydrogen-bond donors (Lipinski definition) is 2. The number of primary amides is 1. The zero-order valence-electron chi connectivity index (χ0n) is 9.41. The van der Waals surface area contributed by atoms with E-state index < -0.39 is 5.91 Å². The van der Waals surface area contributed by atoms with E-state index in [9.17, 15) is 4.79 Å². The monoisotopic (exact) mass is 254 g/mol. The van der Waals surface area contributed by atoms with Crippen LogP contribution in [0, 0.1) is 0 Å². The molecule has 0 spiro atoms. The van der Waals surface area contributed by atoms with Crippen LogP contribution >= 0.6 is 11.6 Å². The van der Waals surface area contributed by atoms with E-state index in [0.717, 1.165) is 25.9 Å². The lowest BCUT2D eigenvalue weighted by Gasteiger charge is -2.24. The first-order valence-corrected chi connectivity index (χ1v) is 6.01. The second-order valence-electron chi connectivity index (χ2n) is 4.09. The number of carbonyl (C=O) groups excluding carboxylic acids is 1. The van der Waals surface area contributed by atoms with Crippen molar-refractivity contribution in [2.75, 3.05) is 13.1 Å². The summed E-state index contributed by atoms with van der Waals surface area (Å²) in [6.07, 6.45) is 2.30. The first-order valence-electron chi connectivity index (χ1n) is 5.63. The Morgan fingerprint density at radius 1 is 1.53 bits per heavy atom. The van der Waals surface area contributed by atoms with E-state index in [2.05, 4.69) is 5.32 Å². The van der Waals surface area contributed by atoms with Crippen LogP contribution in [0.25, 0.3) is 0 Å². The molecule has 1 unspecified atom stereocenters. The smallest absolute Gasteiger partial charge is 0.250 e. The fourth-order valence-corrected chi connectivity index (χ4v) is 2.15. The minimum atomic E-state index is -0.527. The Bertz CT molecular complexity index is 417. The summed E-state index contributed by atoms with van der Waals surface area (Å²) in [5.41, 5.74) is 5.49. The molecule has 4 nitrogen and oxygen atoms in total. The zero-order chi connectivity index (χ0) is 12.3. The van der Waals surface area contributed by atoms with Gasteiger partial charge in [-0.1, -0.05) is 11.6 Å². The van der Waals surface area contributed by atoms with Crippen molar-refractivity contribution in [2.24, 2.45) is 5.73 Å². The largest absolute Gasteiger partial charge is 0.489 e. The molecule has 0 radical (unpaired) electrons. The van der Waals surface area contributed by atoms with Crippen LogP contribution in [-0.2, 0) is 0 Å². The van der Waals surface area contributed by atoms with Gasteiger partial charge in [-0.2, -0.15) is 0 Å². The van der Waals surface area contributed by atoms with Crippen LogP contribution in [0.4, 0.5) is 0 Å². The SMILES string of the molecule is NC(=O)c1ccc(OC2CCCNC2)cc1Cl. The standard InChI is InChI=1S/C12H15ClN2O2/c13-11-6-8(3-4-10(11)12(14)16)17-9-2-1-5-15-7-9/h3-4,6,9,15H,1-2,5,7H2,(H2,14,16). The van der Waals surface area contributed by atoms with E-state index in [1.807, 2.05) is 0 Å². The van der Waals surface area contributed by atoms with Gasteiger partial charge in [0.25, 0.3) is 0 Å². The van der Waals surface area contributed by atoms with Crippen LogP contribution in [0.1, 0.15) is 23.2 Å². The summed E-state index contributed by atoms with van der Waals surface area (Å²) < 4.78 is 5.77. The molecule has 17 heavy (non-hydrogen) atoms. The van der Waals surface area contributed by atoms with Crippen molar-refractivity contribution < 1.29 is 9.53 Å². The Labute approximate surface area is 105 Å². The molecule has 2 rings (SSSR count). The first-order chi connectivity index (χ1) is 8.16. The summed E-state index contributed by atoms with van der Waals surface area (Å²) in [6.45, 7) is 1.89. The van der Waals surface area contributed by atoms with Crippen LogP contribution in [0.2, 0.25) is 5.02 Å². The summed E-state index contributed by atoms with van der Waals surface area (Å²) in [4.78, 5) is 11.0. The third kappa shape index (κ3) is 3.11. The normalized spacial score (nSPS) is 19.9. The highest BCUT2D eigenvalue weighted by Gasteiger charge is 2.15. The van der Waals surface area contributed by atoms with Gasteiger partial charge in [0, 0.05) is 6.54 Å². The van der Waals surface area contributed by atoms with Gasteiger partial charge in [0.1, 0.15) is 11.9 Å². The average molecular weight is 255 g/mol. The van der Waals surface area contributed by atoms with Gasteiger partial charge in [0.05, 0.1) is 10.6 Å². The lowest BCUT2D eigenvalue weighted by Crippen LogP contribution is -2.37. The van der Waals surface area contributed by atoms with E-state index in [-0.39, 0.29) is 6.10 Å². The van der Waals surface area contributed by atoms with Gasteiger partial charge in [-0.05, 0) is 37.6 Å². The second kappa shape index (κ2) is 5.38. The molecular formula is C12H15ClN2O2. The summed E-state index contributed by atoms with van der Waals surface area (Å²) >= 11 is 5.95. The van der Waals surface area contributed by atoms with Crippen molar-refractivity contribution in [3.63, 3.8) is 0 Å². The van der Waals surface area contributed by atoms with E-state index in [0.29, 0.717) is 16.3 Å². The highest BCUT2D eigenvalue weighted by atomic mass is 35.5. The zero-order valence-corrected chi connectivity index (χ0v) is 10.2. The summed E-state index contributed by atoms with van der Waals surface area (Å²) in [7, 11) is 0. The van der Waals surface area contributed by atoms with Crippen molar-refractivity contribution in [1.29, 1.82) is 0 Å². The Hall–Kier alpha value is -1.26. The molecule has 3 N–H and O–H groups in total. The predicted molar refractivity (Wildman–Crippen MR) is 66.5 cm³/mol. The highest BCUT2D eigenvalue weighted by molar-refractivity contribution is 6.33. The minimum absolute atomic E-state index is 0.166. The van der Waals surface area contributed by atoms with Crippen LogP contribution < -0.4 is 15.8 Å². The molecule has 1 aromatic carbocycles. The maximum atomic E-state index is 11.0. The molecule has 1 aliphatic heterocycles. The molecule has 0 aromatic heterocycles. The number of piperidine rings is 1. The Morgan fingerprint density at radius 3 is 2.94 bits per heavy atom. The van der Waals surface area contributed by atoms with Gasteiger partial charge in [-0.25, -0.2) is 0 Å². The molecule has 0 bridgehead atoms. The van der Waals surface area contributed by atoms with Crippen LogP contribution in [0.15, 0.2) is 18.2 Å². The third-order valence-corrected chi connectivity index (χ3v) is 3.07. The maximum absolute atomic E-state index is 11.0. The fourth-order valence-electron chi connectivity index (χ4n) is 1.88. The average Bonchev–Trinajstić information content (AvgIpc) is 2.30. The molecule has 1 aromatic rings. The van der Waals surface area contributed by atoms with E-state index in [4.69, 9.17) is 22.1 Å². The molecule has 0 aliphatic carbocycles. The first kappa shape index (κ1) is 12.2.